The zero-order chi connectivity index (χ0) is 13.2. The lowest BCUT2D eigenvalue weighted by atomic mass is 10.2. The van der Waals surface area contributed by atoms with Gasteiger partial charge in [-0.05, 0) is 48.0 Å². The van der Waals surface area contributed by atoms with E-state index < -0.39 is 0 Å². The molecule has 3 aromatic rings. The summed E-state index contributed by atoms with van der Waals surface area (Å²) in [5, 5.41) is 6.92. The highest BCUT2D eigenvalue weighted by molar-refractivity contribution is 7.17. The second-order valence-electron chi connectivity index (χ2n) is 4.88. The molecule has 3 rings (SSSR count). The van der Waals surface area contributed by atoms with Crippen LogP contribution >= 0.6 is 11.3 Å². The molecule has 1 N–H and O–H groups in total. The van der Waals surface area contributed by atoms with Crippen molar-refractivity contribution in [3.05, 3.63) is 59.2 Å². The Balaban J connectivity index is 1.87. The van der Waals surface area contributed by atoms with E-state index in [1.807, 2.05) is 18.4 Å². The molecule has 0 radical (unpaired) electrons. The molecule has 0 spiro atoms. The minimum atomic E-state index is 0.403. The molecular formula is C16H18N2S. The molecule has 98 valence electrons. The van der Waals surface area contributed by atoms with E-state index in [4.69, 9.17) is 0 Å². The van der Waals surface area contributed by atoms with E-state index in [9.17, 15) is 0 Å². The molecule has 0 bridgehead atoms. The van der Waals surface area contributed by atoms with Gasteiger partial charge in [-0.2, -0.15) is 0 Å². The van der Waals surface area contributed by atoms with Gasteiger partial charge in [-0.25, -0.2) is 0 Å². The van der Waals surface area contributed by atoms with Crippen LogP contribution in [0.4, 0.5) is 0 Å². The smallest absolute Gasteiger partial charge is 0.0484 e. The van der Waals surface area contributed by atoms with Gasteiger partial charge in [0.25, 0.3) is 0 Å². The SMILES string of the molecule is CNC(C)c1ccn(Cc2csc3ccccc23)c1. The first kappa shape index (κ1) is 12.5. The van der Waals surface area contributed by atoms with Gasteiger partial charge in [0.05, 0.1) is 0 Å². The van der Waals surface area contributed by atoms with E-state index in [0.29, 0.717) is 6.04 Å². The highest BCUT2D eigenvalue weighted by Crippen LogP contribution is 2.26. The topological polar surface area (TPSA) is 17.0 Å². The summed E-state index contributed by atoms with van der Waals surface area (Å²) in [6.07, 6.45) is 4.39. The monoisotopic (exact) mass is 270 g/mol. The van der Waals surface area contributed by atoms with Crippen molar-refractivity contribution in [2.75, 3.05) is 7.05 Å². The molecule has 1 unspecified atom stereocenters. The summed E-state index contributed by atoms with van der Waals surface area (Å²) < 4.78 is 3.63. The Bertz CT molecular complexity index is 681. The van der Waals surface area contributed by atoms with Crippen LogP contribution in [0.3, 0.4) is 0 Å². The maximum atomic E-state index is 3.27. The van der Waals surface area contributed by atoms with E-state index >= 15 is 0 Å². The quantitative estimate of drug-likeness (QED) is 0.757. The highest BCUT2D eigenvalue weighted by atomic mass is 32.1. The summed E-state index contributed by atoms with van der Waals surface area (Å²) >= 11 is 1.83. The largest absolute Gasteiger partial charge is 0.350 e. The standard InChI is InChI=1S/C16H18N2S/c1-12(17-2)13-7-8-18(9-13)10-14-11-19-16-6-4-3-5-15(14)16/h3-9,11-12,17H,10H2,1-2H3. The lowest BCUT2D eigenvalue weighted by Gasteiger charge is -2.07. The summed E-state index contributed by atoms with van der Waals surface area (Å²) in [5.41, 5.74) is 2.74. The molecule has 0 amide bonds. The first-order chi connectivity index (χ1) is 9.28. The zero-order valence-corrected chi connectivity index (χ0v) is 12.1. The minimum Gasteiger partial charge on any atom is -0.350 e. The number of benzene rings is 1. The molecule has 0 saturated heterocycles. The molecule has 0 saturated carbocycles. The van der Waals surface area contributed by atoms with Crippen molar-refractivity contribution in [2.24, 2.45) is 0 Å². The van der Waals surface area contributed by atoms with Crippen LogP contribution in [-0.2, 0) is 6.54 Å². The third-order valence-electron chi connectivity index (χ3n) is 3.62. The van der Waals surface area contributed by atoms with Gasteiger partial charge in [0.15, 0.2) is 0 Å². The van der Waals surface area contributed by atoms with Gasteiger partial charge >= 0.3 is 0 Å². The van der Waals surface area contributed by atoms with E-state index in [1.165, 1.54) is 21.2 Å². The molecule has 2 heterocycles. The second-order valence-corrected chi connectivity index (χ2v) is 5.80. The first-order valence-corrected chi connectivity index (χ1v) is 7.44. The maximum Gasteiger partial charge on any atom is 0.0484 e. The molecule has 0 aliphatic rings. The number of fused-ring (bicyclic) bond motifs is 1. The Hall–Kier alpha value is -1.58. The van der Waals surface area contributed by atoms with Crippen LogP contribution in [0.2, 0.25) is 0 Å². The molecule has 0 aliphatic heterocycles. The number of hydrogen-bond donors (Lipinski definition) is 1. The number of thiophene rings is 1. The highest BCUT2D eigenvalue weighted by Gasteiger charge is 2.07. The summed E-state index contributed by atoms with van der Waals surface area (Å²) in [5.74, 6) is 0. The van der Waals surface area contributed by atoms with Gasteiger partial charge in [-0.1, -0.05) is 18.2 Å². The lowest BCUT2D eigenvalue weighted by Crippen LogP contribution is -2.11. The predicted molar refractivity (Wildman–Crippen MR) is 82.8 cm³/mol. The number of rotatable bonds is 4. The number of aromatic nitrogens is 1. The van der Waals surface area contributed by atoms with Crippen LogP contribution < -0.4 is 5.32 Å². The lowest BCUT2D eigenvalue weighted by molar-refractivity contribution is 0.649. The Morgan fingerprint density at radius 3 is 2.95 bits per heavy atom. The third kappa shape index (κ3) is 2.44. The van der Waals surface area contributed by atoms with E-state index in [2.05, 4.69) is 64.9 Å². The van der Waals surface area contributed by atoms with E-state index in [0.717, 1.165) is 6.54 Å². The van der Waals surface area contributed by atoms with Crippen molar-refractivity contribution in [1.82, 2.24) is 9.88 Å². The second kappa shape index (κ2) is 5.19. The van der Waals surface area contributed by atoms with Crippen LogP contribution in [0, 0.1) is 0 Å². The van der Waals surface area contributed by atoms with Gasteiger partial charge in [-0.15, -0.1) is 11.3 Å². The first-order valence-electron chi connectivity index (χ1n) is 6.56. The third-order valence-corrected chi connectivity index (χ3v) is 4.63. The van der Waals surface area contributed by atoms with Crippen molar-refractivity contribution in [2.45, 2.75) is 19.5 Å². The number of hydrogen-bond acceptors (Lipinski definition) is 2. The Kier molecular flexibility index (Phi) is 3.40. The van der Waals surface area contributed by atoms with Gasteiger partial charge in [-0.3, -0.25) is 0 Å². The average Bonchev–Trinajstić information content (AvgIpc) is 3.06. The van der Waals surface area contributed by atoms with Crippen molar-refractivity contribution < 1.29 is 0 Å². The Morgan fingerprint density at radius 2 is 2.11 bits per heavy atom. The van der Waals surface area contributed by atoms with Crippen molar-refractivity contribution in [3.8, 4) is 0 Å². The van der Waals surface area contributed by atoms with Crippen LogP contribution in [0.25, 0.3) is 10.1 Å². The van der Waals surface area contributed by atoms with Crippen LogP contribution in [-0.4, -0.2) is 11.6 Å². The molecule has 3 heteroatoms. The Labute approximate surface area is 117 Å². The van der Waals surface area contributed by atoms with Gasteiger partial charge < -0.3 is 9.88 Å². The summed E-state index contributed by atoms with van der Waals surface area (Å²) in [6, 6.07) is 11.2. The molecule has 1 aromatic carbocycles. The van der Waals surface area contributed by atoms with Crippen molar-refractivity contribution in [1.29, 1.82) is 0 Å². The summed E-state index contributed by atoms with van der Waals surface area (Å²) in [6.45, 7) is 3.13. The van der Waals surface area contributed by atoms with Gasteiger partial charge in [0, 0.05) is 29.7 Å². The van der Waals surface area contributed by atoms with Gasteiger partial charge in [0.2, 0.25) is 0 Å². The molecule has 2 nitrogen and oxygen atoms in total. The normalized spacial score (nSPS) is 12.9. The number of nitrogens with one attached hydrogen (secondary N) is 1. The van der Waals surface area contributed by atoms with Gasteiger partial charge in [0.1, 0.15) is 0 Å². The minimum absolute atomic E-state index is 0.403. The Morgan fingerprint density at radius 1 is 1.26 bits per heavy atom. The van der Waals surface area contributed by atoms with E-state index in [-0.39, 0.29) is 0 Å². The van der Waals surface area contributed by atoms with E-state index in [1.54, 1.807) is 0 Å². The molecule has 19 heavy (non-hydrogen) atoms. The summed E-state index contributed by atoms with van der Waals surface area (Å²) in [7, 11) is 1.99. The van der Waals surface area contributed by atoms with Crippen molar-refractivity contribution >= 4 is 21.4 Å². The molecule has 1 atom stereocenters. The summed E-state index contributed by atoms with van der Waals surface area (Å²) in [4.78, 5) is 0. The predicted octanol–water partition coefficient (Wildman–Crippen LogP) is 4.03. The fourth-order valence-electron chi connectivity index (χ4n) is 2.33. The molecule has 2 aromatic heterocycles. The number of nitrogens with zero attached hydrogens (tertiary/aromatic N) is 1. The van der Waals surface area contributed by atoms with Crippen LogP contribution in [0.15, 0.2) is 48.1 Å². The molecular weight excluding hydrogens is 252 g/mol. The molecule has 0 fully saturated rings. The fourth-order valence-corrected chi connectivity index (χ4v) is 3.29. The van der Waals surface area contributed by atoms with Crippen molar-refractivity contribution in [3.63, 3.8) is 0 Å². The zero-order valence-electron chi connectivity index (χ0n) is 11.3. The maximum absolute atomic E-state index is 3.27. The fraction of sp³-hybridized carbons (Fsp3) is 0.250. The van der Waals surface area contributed by atoms with Crippen LogP contribution in [0.1, 0.15) is 24.1 Å². The molecule has 0 aliphatic carbocycles. The van der Waals surface area contributed by atoms with Crippen LogP contribution in [0.5, 0.6) is 0 Å². The average molecular weight is 270 g/mol.